The van der Waals surface area contributed by atoms with Crippen molar-refractivity contribution in [2.75, 3.05) is 25.0 Å². The summed E-state index contributed by atoms with van der Waals surface area (Å²) in [5.74, 6) is 0.956. The lowest BCUT2D eigenvalue weighted by Gasteiger charge is -2.25. The van der Waals surface area contributed by atoms with Crippen LogP contribution in [0.3, 0.4) is 0 Å². The van der Waals surface area contributed by atoms with E-state index in [2.05, 4.69) is 29.7 Å². The number of hydrogen-bond donors (Lipinski definition) is 2. The molecule has 1 unspecified atom stereocenters. The Balaban J connectivity index is 2.00. The third-order valence-corrected chi connectivity index (χ3v) is 3.17. The van der Waals surface area contributed by atoms with Crippen molar-refractivity contribution in [3.8, 4) is 5.75 Å². The van der Waals surface area contributed by atoms with Crippen molar-refractivity contribution in [3.05, 3.63) is 23.8 Å². The van der Waals surface area contributed by atoms with Gasteiger partial charge in [0.1, 0.15) is 5.75 Å². The van der Waals surface area contributed by atoms with E-state index in [1.807, 2.05) is 13.0 Å². The second-order valence-electron chi connectivity index (χ2n) is 4.60. The molecule has 1 saturated heterocycles. The topological polar surface area (TPSA) is 33.3 Å². The molecule has 2 N–H and O–H groups in total. The molecule has 0 aromatic heterocycles. The minimum Gasteiger partial charge on any atom is -0.494 e. The predicted molar refractivity (Wildman–Crippen MR) is 71.9 cm³/mol. The summed E-state index contributed by atoms with van der Waals surface area (Å²) < 4.78 is 5.49. The van der Waals surface area contributed by atoms with Gasteiger partial charge in [-0.3, -0.25) is 0 Å². The Hall–Kier alpha value is -1.22. The third-order valence-electron chi connectivity index (χ3n) is 3.17. The molecule has 3 nitrogen and oxygen atoms in total. The first kappa shape index (κ1) is 12.2. The molecule has 1 aliphatic heterocycles. The van der Waals surface area contributed by atoms with Gasteiger partial charge >= 0.3 is 0 Å². The van der Waals surface area contributed by atoms with Crippen LogP contribution in [0.2, 0.25) is 0 Å². The highest BCUT2D eigenvalue weighted by Gasteiger charge is 2.13. The Morgan fingerprint density at radius 2 is 2.35 bits per heavy atom. The number of aryl methyl sites for hydroxylation is 1. The van der Waals surface area contributed by atoms with Crippen molar-refractivity contribution in [2.24, 2.45) is 0 Å². The Bertz CT molecular complexity index is 359. The van der Waals surface area contributed by atoms with E-state index >= 15 is 0 Å². The number of benzene rings is 1. The van der Waals surface area contributed by atoms with E-state index in [-0.39, 0.29) is 0 Å². The van der Waals surface area contributed by atoms with Crippen LogP contribution in [0.1, 0.15) is 25.3 Å². The van der Waals surface area contributed by atoms with Crippen LogP contribution in [0.15, 0.2) is 18.2 Å². The fourth-order valence-electron chi connectivity index (χ4n) is 2.25. The van der Waals surface area contributed by atoms with Crippen LogP contribution in [0.4, 0.5) is 5.69 Å². The maximum atomic E-state index is 5.49. The van der Waals surface area contributed by atoms with Gasteiger partial charge in [0.2, 0.25) is 0 Å². The van der Waals surface area contributed by atoms with Crippen LogP contribution in [0.25, 0.3) is 0 Å². The first-order valence-corrected chi connectivity index (χ1v) is 6.50. The monoisotopic (exact) mass is 234 g/mol. The molecule has 1 aliphatic rings. The summed E-state index contributed by atoms with van der Waals surface area (Å²) in [5, 5.41) is 7.02. The number of hydrogen-bond acceptors (Lipinski definition) is 3. The van der Waals surface area contributed by atoms with Crippen molar-refractivity contribution in [3.63, 3.8) is 0 Å². The summed E-state index contributed by atoms with van der Waals surface area (Å²) in [6.07, 6.45) is 2.51. The molecule has 0 aliphatic carbocycles. The molecule has 0 saturated carbocycles. The Labute approximate surface area is 104 Å². The molecule has 1 aromatic carbocycles. The quantitative estimate of drug-likeness (QED) is 0.840. The van der Waals surface area contributed by atoms with Gasteiger partial charge in [-0.05, 0) is 57.0 Å². The Morgan fingerprint density at radius 1 is 1.47 bits per heavy atom. The van der Waals surface area contributed by atoms with Crippen molar-refractivity contribution in [2.45, 2.75) is 32.7 Å². The zero-order chi connectivity index (χ0) is 12.1. The molecular weight excluding hydrogens is 212 g/mol. The molecule has 1 aromatic rings. The smallest absolute Gasteiger partial charge is 0.119 e. The van der Waals surface area contributed by atoms with Crippen molar-refractivity contribution >= 4 is 5.69 Å². The molecule has 3 heteroatoms. The van der Waals surface area contributed by atoms with Crippen LogP contribution in [0, 0.1) is 6.92 Å². The first-order valence-electron chi connectivity index (χ1n) is 6.50. The Kier molecular flexibility index (Phi) is 4.26. The summed E-state index contributed by atoms with van der Waals surface area (Å²) in [5.41, 5.74) is 2.48. The summed E-state index contributed by atoms with van der Waals surface area (Å²) in [7, 11) is 0. The molecule has 2 rings (SSSR count). The van der Waals surface area contributed by atoms with E-state index in [1.165, 1.54) is 24.1 Å². The molecule has 94 valence electrons. The normalized spacial score (nSPS) is 20.0. The van der Waals surface area contributed by atoms with Gasteiger partial charge in [-0.15, -0.1) is 0 Å². The number of nitrogens with one attached hydrogen (secondary N) is 2. The highest BCUT2D eigenvalue weighted by molar-refractivity contribution is 5.54. The van der Waals surface area contributed by atoms with Crippen molar-refractivity contribution < 1.29 is 4.74 Å². The van der Waals surface area contributed by atoms with Crippen LogP contribution < -0.4 is 15.4 Å². The van der Waals surface area contributed by atoms with Crippen LogP contribution in [-0.4, -0.2) is 25.7 Å². The highest BCUT2D eigenvalue weighted by Crippen LogP contribution is 2.22. The van der Waals surface area contributed by atoms with Crippen LogP contribution in [0.5, 0.6) is 5.75 Å². The summed E-state index contributed by atoms with van der Waals surface area (Å²) >= 11 is 0. The average Bonchev–Trinajstić information content (AvgIpc) is 2.34. The maximum absolute atomic E-state index is 5.49. The van der Waals surface area contributed by atoms with E-state index in [0.29, 0.717) is 6.04 Å². The fraction of sp³-hybridized carbons (Fsp3) is 0.571. The summed E-state index contributed by atoms with van der Waals surface area (Å²) in [6, 6.07) is 6.81. The first-order chi connectivity index (χ1) is 8.29. The molecule has 17 heavy (non-hydrogen) atoms. The predicted octanol–water partition coefficient (Wildman–Crippen LogP) is 2.56. The van der Waals surface area contributed by atoms with E-state index in [0.717, 1.165) is 25.4 Å². The lowest BCUT2D eigenvalue weighted by molar-refractivity contribution is 0.340. The Morgan fingerprint density at radius 3 is 3.00 bits per heavy atom. The molecule has 0 radical (unpaired) electrons. The number of ether oxygens (including phenoxy) is 1. The fourth-order valence-corrected chi connectivity index (χ4v) is 2.25. The average molecular weight is 234 g/mol. The van der Waals surface area contributed by atoms with Crippen LogP contribution >= 0.6 is 0 Å². The van der Waals surface area contributed by atoms with Gasteiger partial charge in [0.05, 0.1) is 6.61 Å². The van der Waals surface area contributed by atoms with Gasteiger partial charge < -0.3 is 15.4 Å². The number of piperidine rings is 1. The van der Waals surface area contributed by atoms with E-state index < -0.39 is 0 Å². The standard InChI is InChI=1S/C14H22N2O/c1-3-17-13-6-7-14(11(2)9-13)16-12-5-4-8-15-10-12/h6-7,9,12,15-16H,3-5,8,10H2,1-2H3. The van der Waals surface area contributed by atoms with E-state index in [9.17, 15) is 0 Å². The highest BCUT2D eigenvalue weighted by atomic mass is 16.5. The maximum Gasteiger partial charge on any atom is 0.119 e. The molecule has 1 fully saturated rings. The largest absolute Gasteiger partial charge is 0.494 e. The van der Waals surface area contributed by atoms with E-state index in [1.54, 1.807) is 0 Å². The third kappa shape index (κ3) is 3.37. The second-order valence-corrected chi connectivity index (χ2v) is 4.60. The minimum absolute atomic E-state index is 0.556. The molecule has 0 spiro atoms. The van der Waals surface area contributed by atoms with Gasteiger partial charge in [-0.25, -0.2) is 0 Å². The molecule has 0 bridgehead atoms. The SMILES string of the molecule is CCOc1ccc(NC2CCCNC2)c(C)c1. The summed E-state index contributed by atoms with van der Waals surface area (Å²) in [4.78, 5) is 0. The minimum atomic E-state index is 0.556. The van der Waals surface area contributed by atoms with E-state index in [4.69, 9.17) is 4.74 Å². The molecule has 1 heterocycles. The lowest BCUT2D eigenvalue weighted by Crippen LogP contribution is -2.38. The van der Waals surface area contributed by atoms with Gasteiger partial charge in [-0.2, -0.15) is 0 Å². The molecular formula is C14H22N2O. The van der Waals surface area contributed by atoms with Crippen molar-refractivity contribution in [1.29, 1.82) is 0 Å². The number of rotatable bonds is 4. The van der Waals surface area contributed by atoms with Crippen molar-refractivity contribution in [1.82, 2.24) is 5.32 Å². The number of anilines is 1. The lowest BCUT2D eigenvalue weighted by atomic mass is 10.1. The summed E-state index contributed by atoms with van der Waals surface area (Å²) in [6.45, 7) is 7.07. The molecule has 1 atom stereocenters. The zero-order valence-electron chi connectivity index (χ0n) is 10.8. The van der Waals surface area contributed by atoms with Gasteiger partial charge in [-0.1, -0.05) is 0 Å². The van der Waals surface area contributed by atoms with Gasteiger partial charge in [0.15, 0.2) is 0 Å². The van der Waals surface area contributed by atoms with Crippen LogP contribution in [-0.2, 0) is 0 Å². The molecule has 0 amide bonds. The van der Waals surface area contributed by atoms with Gasteiger partial charge in [0.25, 0.3) is 0 Å². The zero-order valence-corrected chi connectivity index (χ0v) is 10.8. The van der Waals surface area contributed by atoms with Gasteiger partial charge in [0, 0.05) is 18.3 Å². The second kappa shape index (κ2) is 5.92.